The summed E-state index contributed by atoms with van der Waals surface area (Å²) in [5.74, 6) is -1.59. The second-order valence-electron chi connectivity index (χ2n) is 8.46. The van der Waals surface area contributed by atoms with Crippen LogP contribution < -0.4 is 0 Å². The van der Waals surface area contributed by atoms with Gasteiger partial charge in [-0.25, -0.2) is 13.8 Å². The molecule has 0 amide bonds. The number of nitrogens with zero attached hydrogens (tertiary/aromatic N) is 5. The molecule has 0 unspecified atom stereocenters. The Kier molecular flexibility index (Phi) is 5.55. The summed E-state index contributed by atoms with van der Waals surface area (Å²) < 4.78 is 79.4. The van der Waals surface area contributed by atoms with Crippen LogP contribution in [0.1, 0.15) is 22.7 Å². The van der Waals surface area contributed by atoms with Crippen molar-refractivity contribution in [2.75, 3.05) is 0 Å². The lowest BCUT2D eigenvalue weighted by molar-refractivity contribution is -0.137. The third-order valence-corrected chi connectivity index (χ3v) is 5.96. The first-order valence-corrected chi connectivity index (χ1v) is 11.2. The summed E-state index contributed by atoms with van der Waals surface area (Å²) in [7, 11) is 0. The first kappa shape index (κ1) is 23.6. The van der Waals surface area contributed by atoms with Crippen molar-refractivity contribution in [1.29, 1.82) is 0 Å². The second kappa shape index (κ2) is 8.94. The number of imidazole rings is 1. The summed E-state index contributed by atoms with van der Waals surface area (Å²) in [6.07, 6.45) is -0.598. The number of nitrogens with one attached hydrogen (secondary N) is 1. The molecule has 13 heteroatoms. The van der Waals surface area contributed by atoms with Crippen molar-refractivity contribution in [1.82, 2.24) is 25.3 Å². The molecule has 2 aromatic carbocycles. The molecule has 3 aromatic heterocycles. The molecule has 1 N–H and O–H groups in total. The highest BCUT2D eigenvalue weighted by atomic mass is 19.4. The molecule has 0 aliphatic carbocycles. The minimum atomic E-state index is -4.64. The maximum atomic E-state index is 14.2. The van der Waals surface area contributed by atoms with E-state index in [1.54, 1.807) is 5.01 Å². The number of rotatable bonds is 5. The van der Waals surface area contributed by atoms with E-state index in [4.69, 9.17) is 9.05 Å². The average Bonchev–Trinajstić information content (AvgIpc) is 3.66. The van der Waals surface area contributed by atoms with Gasteiger partial charge in [-0.3, -0.25) is 5.01 Å². The molecule has 5 aromatic rings. The number of halogens is 5. The van der Waals surface area contributed by atoms with Crippen molar-refractivity contribution in [2.45, 2.75) is 19.3 Å². The summed E-state index contributed by atoms with van der Waals surface area (Å²) in [6.45, 7) is 0.274. The second-order valence-corrected chi connectivity index (χ2v) is 8.46. The molecule has 1 aliphatic heterocycles. The zero-order valence-electron chi connectivity index (χ0n) is 19.1. The summed E-state index contributed by atoms with van der Waals surface area (Å²) in [4.78, 5) is 7.28. The lowest BCUT2D eigenvalue weighted by atomic mass is 9.98. The Bertz CT molecular complexity index is 1660. The van der Waals surface area contributed by atoms with Crippen LogP contribution in [0.25, 0.3) is 33.8 Å². The summed E-state index contributed by atoms with van der Waals surface area (Å²) in [5, 5.41) is 13.2. The number of fused-ring (bicyclic) bond motifs is 1. The Morgan fingerprint density at radius 3 is 2.68 bits per heavy atom. The van der Waals surface area contributed by atoms with E-state index in [-0.39, 0.29) is 41.5 Å². The lowest BCUT2D eigenvalue weighted by Crippen LogP contribution is -2.21. The highest BCUT2D eigenvalue weighted by molar-refractivity contribution is 5.81. The molecule has 38 heavy (non-hydrogen) atoms. The van der Waals surface area contributed by atoms with Gasteiger partial charge in [0.25, 0.3) is 0 Å². The van der Waals surface area contributed by atoms with Crippen molar-refractivity contribution in [3.8, 4) is 33.8 Å². The number of alkyl halides is 3. The number of hydrogen-bond acceptors (Lipinski definition) is 7. The van der Waals surface area contributed by atoms with Crippen LogP contribution in [-0.4, -0.2) is 31.5 Å². The molecule has 8 nitrogen and oxygen atoms in total. The number of aromatic nitrogens is 4. The first-order chi connectivity index (χ1) is 18.3. The van der Waals surface area contributed by atoms with Gasteiger partial charge in [0.05, 0.1) is 48.0 Å². The van der Waals surface area contributed by atoms with E-state index >= 15 is 0 Å². The van der Waals surface area contributed by atoms with E-state index in [9.17, 15) is 22.0 Å². The van der Waals surface area contributed by atoms with Crippen molar-refractivity contribution in [3.63, 3.8) is 0 Å². The standard InChI is InChI=1S/C25H15F5N6O2/c26-19-3-1-2-17(23(19)27)24-33-21-9-31-36(11-22(21)34-24)10-15-7-20(35-38-15)16-5-4-13(14-8-32-37-12-14)6-18(16)25(28,29)30/h1-9,12H,10-11H2,(H,33,34). The first-order valence-electron chi connectivity index (χ1n) is 11.2. The number of hydrazone groups is 1. The van der Waals surface area contributed by atoms with E-state index in [1.165, 1.54) is 49.0 Å². The van der Waals surface area contributed by atoms with Crippen molar-refractivity contribution in [3.05, 3.63) is 89.3 Å². The highest BCUT2D eigenvalue weighted by Crippen LogP contribution is 2.39. The van der Waals surface area contributed by atoms with E-state index < -0.39 is 23.4 Å². The Morgan fingerprint density at radius 2 is 1.89 bits per heavy atom. The fourth-order valence-electron chi connectivity index (χ4n) is 4.14. The van der Waals surface area contributed by atoms with Gasteiger partial charge in [0.1, 0.15) is 17.8 Å². The van der Waals surface area contributed by atoms with Gasteiger partial charge < -0.3 is 14.0 Å². The summed E-state index contributed by atoms with van der Waals surface area (Å²) in [5.41, 5.74) is 0.719. The van der Waals surface area contributed by atoms with Crippen molar-refractivity contribution in [2.24, 2.45) is 5.10 Å². The predicted molar refractivity (Wildman–Crippen MR) is 123 cm³/mol. The molecule has 192 valence electrons. The number of H-pyrrole nitrogens is 1. The van der Waals surface area contributed by atoms with E-state index in [0.29, 0.717) is 22.5 Å². The molecule has 1 aliphatic rings. The van der Waals surface area contributed by atoms with Crippen molar-refractivity contribution < 1.29 is 31.0 Å². The van der Waals surface area contributed by atoms with E-state index in [1.807, 2.05) is 0 Å². The fraction of sp³-hybridized carbons (Fsp3) is 0.120. The Morgan fingerprint density at radius 1 is 1.03 bits per heavy atom. The maximum Gasteiger partial charge on any atom is 0.417 e. The Hall–Kier alpha value is -4.81. The Balaban J connectivity index is 1.22. The molecule has 0 saturated heterocycles. The normalized spacial score (nSPS) is 13.2. The van der Waals surface area contributed by atoms with Gasteiger partial charge in [0, 0.05) is 17.2 Å². The predicted octanol–water partition coefficient (Wildman–Crippen LogP) is 6.03. The smallest absolute Gasteiger partial charge is 0.364 e. The van der Waals surface area contributed by atoms with Crippen LogP contribution in [0.3, 0.4) is 0 Å². The number of benzene rings is 2. The van der Waals surface area contributed by atoms with Crippen LogP contribution in [-0.2, 0) is 19.3 Å². The molecule has 0 fully saturated rings. The fourth-order valence-corrected chi connectivity index (χ4v) is 4.14. The van der Waals surface area contributed by atoms with Gasteiger partial charge in [-0.15, -0.1) is 0 Å². The van der Waals surface area contributed by atoms with Crippen molar-refractivity contribution >= 4 is 6.21 Å². The zero-order valence-corrected chi connectivity index (χ0v) is 19.1. The monoisotopic (exact) mass is 526 g/mol. The third-order valence-electron chi connectivity index (χ3n) is 5.96. The maximum absolute atomic E-state index is 14.2. The lowest BCUT2D eigenvalue weighted by Gasteiger charge is -2.19. The van der Waals surface area contributed by atoms with Crippen LogP contribution in [0, 0.1) is 11.6 Å². The number of aromatic amines is 1. The SMILES string of the molecule is Fc1cccc(-c2nc3c([nH]2)C=NN(Cc2cc(-c4ccc(-c5cnoc5)cc4C(F)(F)F)no2)C3)c1F. The van der Waals surface area contributed by atoms with Gasteiger partial charge in [-0.2, -0.15) is 18.3 Å². The van der Waals surface area contributed by atoms with Gasteiger partial charge in [0.15, 0.2) is 17.4 Å². The van der Waals surface area contributed by atoms with Gasteiger partial charge in [-0.05, 0) is 23.8 Å². The molecule has 0 radical (unpaired) electrons. The largest absolute Gasteiger partial charge is 0.417 e. The average molecular weight is 526 g/mol. The molecular weight excluding hydrogens is 511 g/mol. The van der Waals surface area contributed by atoms with Gasteiger partial charge in [0.2, 0.25) is 0 Å². The molecule has 4 heterocycles. The molecule has 0 spiro atoms. The molecule has 0 bridgehead atoms. The highest BCUT2D eigenvalue weighted by Gasteiger charge is 2.35. The van der Waals surface area contributed by atoms with Gasteiger partial charge >= 0.3 is 6.18 Å². The molecular formula is C25H15F5N6O2. The summed E-state index contributed by atoms with van der Waals surface area (Å²) >= 11 is 0. The summed E-state index contributed by atoms with van der Waals surface area (Å²) in [6, 6.07) is 9.04. The van der Waals surface area contributed by atoms with Crippen LogP contribution in [0.15, 0.2) is 69.1 Å². The molecule has 0 saturated carbocycles. The zero-order chi connectivity index (χ0) is 26.4. The molecule has 0 atom stereocenters. The minimum absolute atomic E-state index is 0.00880. The van der Waals surface area contributed by atoms with E-state index in [2.05, 4.69) is 25.4 Å². The minimum Gasteiger partial charge on any atom is -0.364 e. The van der Waals surface area contributed by atoms with Crippen LogP contribution in [0.5, 0.6) is 0 Å². The van der Waals surface area contributed by atoms with E-state index in [0.717, 1.165) is 12.1 Å². The van der Waals surface area contributed by atoms with Gasteiger partial charge in [-0.1, -0.05) is 28.5 Å². The quantitative estimate of drug-likeness (QED) is 0.281. The third kappa shape index (κ3) is 4.31. The number of hydrogen-bond donors (Lipinski definition) is 1. The van der Waals surface area contributed by atoms with Crippen LogP contribution in [0.2, 0.25) is 0 Å². The Labute approximate surface area is 210 Å². The van der Waals surface area contributed by atoms with Crippen LogP contribution >= 0.6 is 0 Å². The van der Waals surface area contributed by atoms with Crippen LogP contribution in [0.4, 0.5) is 22.0 Å². The molecule has 6 rings (SSSR count). The topological polar surface area (TPSA) is 96.3 Å².